The first-order valence-corrected chi connectivity index (χ1v) is 11.6. The smallest absolute Gasteiger partial charge is 0.253 e. The van der Waals surface area contributed by atoms with Gasteiger partial charge in [0.1, 0.15) is 5.82 Å². The molecule has 0 bridgehead atoms. The number of hydrogen-bond acceptors (Lipinski definition) is 5. The highest BCUT2D eigenvalue weighted by Crippen LogP contribution is 2.30. The van der Waals surface area contributed by atoms with Crippen LogP contribution in [-0.2, 0) is 0 Å². The van der Waals surface area contributed by atoms with E-state index in [-0.39, 0.29) is 5.91 Å². The molecule has 168 valence electrons. The number of nitrogens with zero attached hydrogens (tertiary/aromatic N) is 3. The third-order valence-corrected chi connectivity index (χ3v) is 5.55. The standard InChI is InChI=1S/C26H26ClN5O/c1-2-3-4-7-15-29-26(33)20-10-5-6-11-22(20)31-25-21-16-19(27)12-13-23(21)30-24(32-25)18-9-8-14-28-17-18/h5-6,8-14,16-17H,2-4,7,15H2,1H3,(H,29,33)(H,30,31,32). The molecular formula is C26H26ClN5O. The lowest BCUT2D eigenvalue weighted by Crippen LogP contribution is -2.25. The predicted molar refractivity (Wildman–Crippen MR) is 134 cm³/mol. The summed E-state index contributed by atoms with van der Waals surface area (Å²) < 4.78 is 0. The number of pyridine rings is 1. The normalized spacial score (nSPS) is 10.8. The Morgan fingerprint density at radius 3 is 2.70 bits per heavy atom. The number of anilines is 2. The van der Waals surface area contributed by atoms with Crippen molar-refractivity contribution in [1.29, 1.82) is 0 Å². The van der Waals surface area contributed by atoms with Crippen LogP contribution in [0.3, 0.4) is 0 Å². The van der Waals surface area contributed by atoms with E-state index in [0.717, 1.165) is 29.3 Å². The first kappa shape index (κ1) is 22.7. The summed E-state index contributed by atoms with van der Waals surface area (Å²) >= 11 is 6.27. The lowest BCUT2D eigenvalue weighted by Gasteiger charge is -2.14. The molecule has 0 saturated carbocycles. The Hall–Kier alpha value is -3.51. The van der Waals surface area contributed by atoms with Crippen molar-refractivity contribution in [1.82, 2.24) is 20.3 Å². The third-order valence-electron chi connectivity index (χ3n) is 5.32. The number of rotatable bonds is 9. The summed E-state index contributed by atoms with van der Waals surface area (Å²) in [5.41, 5.74) is 2.77. The number of benzene rings is 2. The van der Waals surface area contributed by atoms with Crippen molar-refractivity contribution in [3.8, 4) is 11.4 Å². The van der Waals surface area contributed by atoms with Crippen LogP contribution in [0.25, 0.3) is 22.3 Å². The zero-order valence-corrected chi connectivity index (χ0v) is 19.3. The summed E-state index contributed by atoms with van der Waals surface area (Å²) in [6.07, 6.45) is 7.86. The Morgan fingerprint density at radius 1 is 1.00 bits per heavy atom. The van der Waals surface area contributed by atoms with Gasteiger partial charge in [-0.2, -0.15) is 0 Å². The van der Waals surface area contributed by atoms with E-state index >= 15 is 0 Å². The molecule has 4 rings (SSSR count). The van der Waals surface area contributed by atoms with E-state index < -0.39 is 0 Å². The predicted octanol–water partition coefficient (Wildman–Crippen LogP) is 6.40. The van der Waals surface area contributed by atoms with Crippen molar-refractivity contribution in [3.05, 3.63) is 77.6 Å². The van der Waals surface area contributed by atoms with Crippen LogP contribution in [0.4, 0.5) is 11.5 Å². The zero-order chi connectivity index (χ0) is 23.0. The summed E-state index contributed by atoms with van der Waals surface area (Å²) in [4.78, 5) is 26.5. The second-order valence-electron chi connectivity index (χ2n) is 7.79. The molecule has 33 heavy (non-hydrogen) atoms. The molecule has 0 saturated heterocycles. The van der Waals surface area contributed by atoms with Crippen LogP contribution in [-0.4, -0.2) is 27.4 Å². The van der Waals surface area contributed by atoms with Crippen LogP contribution in [0, 0.1) is 0 Å². The molecule has 2 aromatic carbocycles. The molecule has 1 amide bonds. The second-order valence-corrected chi connectivity index (χ2v) is 8.22. The number of carbonyl (C=O) groups is 1. The lowest BCUT2D eigenvalue weighted by atomic mass is 10.1. The largest absolute Gasteiger partial charge is 0.352 e. The van der Waals surface area contributed by atoms with E-state index in [2.05, 4.69) is 27.5 Å². The molecule has 0 aliphatic carbocycles. The number of para-hydroxylation sites is 1. The molecule has 2 aromatic heterocycles. The Bertz CT molecular complexity index is 1250. The Morgan fingerprint density at radius 2 is 1.88 bits per heavy atom. The van der Waals surface area contributed by atoms with Crippen molar-refractivity contribution in [2.75, 3.05) is 11.9 Å². The number of hydrogen-bond donors (Lipinski definition) is 2. The molecule has 0 fully saturated rings. The molecule has 7 heteroatoms. The number of nitrogens with one attached hydrogen (secondary N) is 2. The highest BCUT2D eigenvalue weighted by Gasteiger charge is 2.15. The molecule has 2 heterocycles. The summed E-state index contributed by atoms with van der Waals surface area (Å²) in [6.45, 7) is 2.83. The van der Waals surface area contributed by atoms with E-state index in [1.165, 1.54) is 12.8 Å². The monoisotopic (exact) mass is 459 g/mol. The van der Waals surface area contributed by atoms with Crippen LogP contribution in [0.5, 0.6) is 0 Å². The molecular weight excluding hydrogens is 434 g/mol. The highest BCUT2D eigenvalue weighted by atomic mass is 35.5. The molecule has 6 nitrogen and oxygen atoms in total. The number of halogens is 1. The van der Waals surface area contributed by atoms with E-state index in [9.17, 15) is 4.79 Å². The Kier molecular flexibility index (Phi) is 7.47. The van der Waals surface area contributed by atoms with Gasteiger partial charge in [-0.05, 0) is 48.9 Å². The van der Waals surface area contributed by atoms with Crippen molar-refractivity contribution >= 4 is 39.9 Å². The van der Waals surface area contributed by atoms with Crippen molar-refractivity contribution in [2.24, 2.45) is 0 Å². The first-order chi connectivity index (χ1) is 16.2. The van der Waals surface area contributed by atoms with Crippen LogP contribution < -0.4 is 10.6 Å². The molecule has 2 N–H and O–H groups in total. The van der Waals surface area contributed by atoms with E-state index in [1.54, 1.807) is 18.5 Å². The van der Waals surface area contributed by atoms with Crippen LogP contribution >= 0.6 is 11.6 Å². The van der Waals surface area contributed by atoms with Crippen molar-refractivity contribution < 1.29 is 4.79 Å². The van der Waals surface area contributed by atoms with Gasteiger partial charge in [0.05, 0.1) is 16.8 Å². The second kappa shape index (κ2) is 10.9. The lowest BCUT2D eigenvalue weighted by molar-refractivity contribution is 0.0954. The summed E-state index contributed by atoms with van der Waals surface area (Å²) in [5.74, 6) is 1.00. The maximum absolute atomic E-state index is 12.9. The number of carbonyl (C=O) groups excluding carboxylic acids is 1. The van der Waals surface area contributed by atoms with Crippen LogP contribution in [0.2, 0.25) is 5.02 Å². The fraction of sp³-hybridized carbons (Fsp3) is 0.231. The Labute approximate surface area is 198 Å². The minimum atomic E-state index is -0.113. The Balaban J connectivity index is 1.66. The molecule has 0 spiro atoms. The summed E-state index contributed by atoms with van der Waals surface area (Å²) in [7, 11) is 0. The topological polar surface area (TPSA) is 79.8 Å². The van der Waals surface area contributed by atoms with Gasteiger partial charge in [-0.15, -0.1) is 0 Å². The van der Waals surface area contributed by atoms with Gasteiger partial charge in [0.25, 0.3) is 5.91 Å². The quantitative estimate of drug-likeness (QED) is 0.283. The van der Waals surface area contributed by atoms with Crippen LogP contribution in [0.1, 0.15) is 43.0 Å². The molecule has 0 aliphatic rings. The van der Waals surface area contributed by atoms with Crippen LogP contribution in [0.15, 0.2) is 67.0 Å². The number of amides is 1. The average Bonchev–Trinajstić information content (AvgIpc) is 2.85. The highest BCUT2D eigenvalue weighted by molar-refractivity contribution is 6.31. The molecule has 0 unspecified atom stereocenters. The maximum atomic E-state index is 12.9. The van der Waals surface area contributed by atoms with Gasteiger partial charge >= 0.3 is 0 Å². The SMILES string of the molecule is CCCCCCNC(=O)c1ccccc1Nc1nc(-c2cccnc2)nc2ccc(Cl)cc12. The zero-order valence-electron chi connectivity index (χ0n) is 18.5. The first-order valence-electron chi connectivity index (χ1n) is 11.2. The van der Waals surface area contributed by atoms with Gasteiger partial charge in [0, 0.05) is 34.9 Å². The third kappa shape index (κ3) is 5.65. The fourth-order valence-corrected chi connectivity index (χ4v) is 3.76. The summed E-state index contributed by atoms with van der Waals surface area (Å²) in [5, 5.41) is 7.73. The van der Waals surface area contributed by atoms with E-state index in [0.29, 0.717) is 34.5 Å². The van der Waals surface area contributed by atoms with Gasteiger partial charge in [0.15, 0.2) is 5.82 Å². The van der Waals surface area contributed by atoms with Gasteiger partial charge in [-0.1, -0.05) is 49.9 Å². The van der Waals surface area contributed by atoms with Gasteiger partial charge in [-0.25, -0.2) is 9.97 Å². The minimum Gasteiger partial charge on any atom is -0.352 e. The van der Waals surface area contributed by atoms with E-state index in [4.69, 9.17) is 16.6 Å². The van der Waals surface area contributed by atoms with Crippen molar-refractivity contribution in [3.63, 3.8) is 0 Å². The number of aromatic nitrogens is 3. The van der Waals surface area contributed by atoms with Gasteiger partial charge in [-0.3, -0.25) is 9.78 Å². The van der Waals surface area contributed by atoms with Gasteiger partial charge < -0.3 is 10.6 Å². The number of unbranched alkanes of at least 4 members (excludes halogenated alkanes) is 3. The molecule has 0 radical (unpaired) electrons. The van der Waals surface area contributed by atoms with Gasteiger partial charge in [0.2, 0.25) is 0 Å². The maximum Gasteiger partial charge on any atom is 0.253 e. The minimum absolute atomic E-state index is 0.113. The number of fused-ring (bicyclic) bond motifs is 1. The van der Waals surface area contributed by atoms with E-state index in [1.807, 2.05) is 48.5 Å². The van der Waals surface area contributed by atoms with Crippen molar-refractivity contribution in [2.45, 2.75) is 32.6 Å². The summed E-state index contributed by atoms with van der Waals surface area (Å²) in [6, 6.07) is 16.7. The molecule has 0 aliphatic heterocycles. The molecule has 4 aromatic rings. The average molecular weight is 460 g/mol. The molecule has 0 atom stereocenters. The fourth-order valence-electron chi connectivity index (χ4n) is 3.59.